The van der Waals surface area contributed by atoms with Gasteiger partial charge in [0.25, 0.3) is 0 Å². The van der Waals surface area contributed by atoms with Gasteiger partial charge in [-0.3, -0.25) is 9.97 Å². The topological polar surface area (TPSA) is 92.9 Å². The van der Waals surface area contributed by atoms with Crippen LogP contribution in [0.4, 0.5) is 0 Å². The molecule has 3 aromatic heterocycles. The molecule has 5 rings (SSSR count). The van der Waals surface area contributed by atoms with Gasteiger partial charge in [0.05, 0.1) is 36.0 Å². The number of hydrogen-bond donors (Lipinski definition) is 2. The van der Waals surface area contributed by atoms with Gasteiger partial charge in [0.15, 0.2) is 5.75 Å². The van der Waals surface area contributed by atoms with E-state index in [-0.39, 0.29) is 16.8 Å². The van der Waals surface area contributed by atoms with E-state index in [1.54, 1.807) is 7.11 Å². The molecule has 51 heavy (non-hydrogen) atoms. The molecule has 3 aromatic rings. The van der Waals surface area contributed by atoms with Crippen LogP contribution >= 0.6 is 0 Å². The lowest BCUT2D eigenvalue weighted by molar-refractivity contribution is 0.0527. The van der Waals surface area contributed by atoms with E-state index in [0.717, 1.165) is 108 Å². The van der Waals surface area contributed by atoms with Gasteiger partial charge >= 0.3 is 5.97 Å². The zero-order valence-electron chi connectivity index (χ0n) is 33.2. The van der Waals surface area contributed by atoms with Gasteiger partial charge in [-0.05, 0) is 73.9 Å². The van der Waals surface area contributed by atoms with Crippen LogP contribution in [-0.2, 0) is 47.7 Å². The highest BCUT2D eigenvalue weighted by Crippen LogP contribution is 2.40. The molecule has 7 nitrogen and oxygen atoms in total. The Labute approximate surface area is 306 Å². The summed E-state index contributed by atoms with van der Waals surface area (Å²) in [7, 11) is 1.78. The van der Waals surface area contributed by atoms with Crippen LogP contribution in [0.15, 0.2) is 18.2 Å². The van der Waals surface area contributed by atoms with Crippen LogP contribution in [0.2, 0.25) is 0 Å². The molecule has 2 aliphatic heterocycles. The number of fused-ring (bicyclic) bond motifs is 8. The molecular weight excluding hydrogens is 633 g/mol. The van der Waals surface area contributed by atoms with Crippen LogP contribution in [-0.4, -0.2) is 39.6 Å². The molecular formula is C44H64N4O3. The van der Waals surface area contributed by atoms with Crippen LogP contribution < -0.4 is 4.74 Å². The molecule has 2 aliphatic rings. The van der Waals surface area contributed by atoms with E-state index < -0.39 is 0 Å². The van der Waals surface area contributed by atoms with Crippen LogP contribution in [0, 0.1) is 0 Å². The first-order chi connectivity index (χ1) is 24.5. The van der Waals surface area contributed by atoms with E-state index in [1.807, 2.05) is 6.92 Å². The number of aromatic nitrogens is 4. The predicted molar refractivity (Wildman–Crippen MR) is 211 cm³/mol. The summed E-state index contributed by atoms with van der Waals surface area (Å²) in [5, 5.41) is 0. The Hall–Kier alpha value is -3.61. The van der Waals surface area contributed by atoms with Crippen molar-refractivity contribution in [3.63, 3.8) is 0 Å². The van der Waals surface area contributed by atoms with Crippen molar-refractivity contribution in [2.45, 2.75) is 163 Å². The molecule has 0 fully saturated rings. The van der Waals surface area contributed by atoms with Gasteiger partial charge in [-0.1, -0.05) is 99.8 Å². The maximum absolute atomic E-state index is 13.8. The van der Waals surface area contributed by atoms with Crippen LogP contribution in [0.25, 0.3) is 22.1 Å². The molecule has 7 heteroatoms. The minimum Gasteiger partial charge on any atom is -0.493 e. The van der Waals surface area contributed by atoms with Crippen molar-refractivity contribution in [2.24, 2.45) is 0 Å². The molecule has 0 aromatic carbocycles. The summed E-state index contributed by atoms with van der Waals surface area (Å²) in [5.41, 5.74) is 11.8. The fraction of sp³-hybridized carbons (Fsp3) is 0.614. The summed E-state index contributed by atoms with van der Waals surface area (Å²) in [6.45, 7) is 18.0. The number of hydrogen-bond acceptors (Lipinski definition) is 5. The predicted octanol–water partition coefficient (Wildman–Crippen LogP) is 11.1. The molecule has 0 saturated carbocycles. The second-order valence-electron chi connectivity index (χ2n) is 16.1. The van der Waals surface area contributed by atoms with Gasteiger partial charge < -0.3 is 19.4 Å². The third-order valence-corrected chi connectivity index (χ3v) is 11.0. The largest absolute Gasteiger partial charge is 0.493 e. The number of H-pyrrole nitrogens is 2. The van der Waals surface area contributed by atoms with Crippen LogP contribution in [0.5, 0.6) is 5.75 Å². The Morgan fingerprint density at radius 1 is 0.706 bits per heavy atom. The molecule has 0 atom stereocenters. The summed E-state index contributed by atoms with van der Waals surface area (Å²) in [4.78, 5) is 32.0. The SMILES string of the molecule is CCCCCCCc1c(C(=O)OCC)c2cc3nc(cc4[nH]c(c(CC)c4CCCCCCC)c(OC)c4nc(cc1[nH]2)C(C)(C)C4)C(C)(C)C3. The number of nitrogens with zero attached hydrogens (tertiary/aromatic N) is 2. The van der Waals surface area contributed by atoms with Crippen molar-refractivity contribution in [1.82, 2.24) is 19.9 Å². The van der Waals surface area contributed by atoms with E-state index in [9.17, 15) is 4.79 Å². The zero-order valence-corrected chi connectivity index (χ0v) is 33.2. The van der Waals surface area contributed by atoms with Crippen molar-refractivity contribution >= 4 is 28.0 Å². The van der Waals surface area contributed by atoms with Gasteiger partial charge in [-0.2, -0.15) is 0 Å². The number of esters is 1. The number of nitrogens with one attached hydrogen (secondary N) is 2. The van der Waals surface area contributed by atoms with Crippen molar-refractivity contribution in [3.05, 3.63) is 63.2 Å². The van der Waals surface area contributed by atoms with Crippen LogP contribution in [0.1, 0.15) is 169 Å². The first kappa shape index (κ1) is 38.6. The lowest BCUT2D eigenvalue weighted by Gasteiger charge is -2.16. The van der Waals surface area contributed by atoms with E-state index in [0.29, 0.717) is 12.2 Å². The highest BCUT2D eigenvalue weighted by Gasteiger charge is 2.33. The number of carbonyl (C=O) groups is 1. The lowest BCUT2D eigenvalue weighted by Crippen LogP contribution is -2.15. The van der Waals surface area contributed by atoms with E-state index in [4.69, 9.17) is 19.4 Å². The number of methoxy groups -OCH3 is 1. The summed E-state index contributed by atoms with van der Waals surface area (Å²) in [5.74, 6) is 0.546. The molecule has 8 bridgehead atoms. The number of rotatable bonds is 16. The molecule has 2 N–H and O–H groups in total. The molecule has 0 radical (unpaired) electrons. The highest BCUT2D eigenvalue weighted by molar-refractivity contribution is 6.02. The van der Waals surface area contributed by atoms with Gasteiger partial charge in [0, 0.05) is 51.8 Å². The lowest BCUT2D eigenvalue weighted by atomic mass is 9.86. The average Bonchev–Trinajstić information content (AvgIpc) is 3.77. The molecule has 0 aliphatic carbocycles. The first-order valence-corrected chi connectivity index (χ1v) is 20.0. The Bertz CT molecular complexity index is 1840. The maximum Gasteiger partial charge on any atom is 0.340 e. The minimum atomic E-state index is -0.279. The number of carbonyl (C=O) groups excluding carboxylic acids is 1. The maximum atomic E-state index is 13.8. The van der Waals surface area contributed by atoms with Crippen molar-refractivity contribution in [1.29, 1.82) is 0 Å². The number of aryl methyl sites for hydroxylation is 3. The first-order valence-electron chi connectivity index (χ1n) is 20.0. The molecule has 278 valence electrons. The van der Waals surface area contributed by atoms with Crippen LogP contribution in [0.3, 0.4) is 0 Å². The van der Waals surface area contributed by atoms with E-state index in [1.165, 1.54) is 56.1 Å². The van der Waals surface area contributed by atoms with Crippen molar-refractivity contribution in [2.75, 3.05) is 13.7 Å². The van der Waals surface area contributed by atoms with Gasteiger partial charge in [0.2, 0.25) is 0 Å². The number of aromatic amines is 2. The highest BCUT2D eigenvalue weighted by atomic mass is 16.5. The standard InChI is InChI=1S/C44H64N4O3/c1-10-14-16-18-20-22-31-30(12-3)40-41(50-9)36-28-44(7,8)38(47-36)26-34-32(23-21-19-17-15-11-2)39(42(49)51-13-4)35(46-34)24-29-27-43(5,6)37(45-29)25-33(31)48-40/h24-26,46,48H,10-23,27-28H2,1-9H3. The Morgan fingerprint density at radius 3 is 1.90 bits per heavy atom. The van der Waals surface area contributed by atoms with Gasteiger partial charge in [0.1, 0.15) is 0 Å². The molecule has 5 heterocycles. The second-order valence-corrected chi connectivity index (χ2v) is 16.1. The summed E-state index contributed by atoms with van der Waals surface area (Å²) in [6.07, 6.45) is 16.2. The fourth-order valence-electron chi connectivity index (χ4n) is 8.12. The third kappa shape index (κ3) is 8.55. The third-order valence-electron chi connectivity index (χ3n) is 11.0. The monoisotopic (exact) mass is 696 g/mol. The molecule has 0 unspecified atom stereocenters. The smallest absolute Gasteiger partial charge is 0.340 e. The van der Waals surface area contributed by atoms with Gasteiger partial charge in [-0.25, -0.2) is 4.79 Å². The summed E-state index contributed by atoms with van der Waals surface area (Å²) in [6, 6.07) is 6.56. The number of ether oxygens (including phenoxy) is 2. The van der Waals surface area contributed by atoms with E-state index in [2.05, 4.69) is 76.6 Å². The Balaban J connectivity index is 1.86. The Morgan fingerprint density at radius 2 is 1.29 bits per heavy atom. The van der Waals surface area contributed by atoms with Crippen molar-refractivity contribution < 1.29 is 14.3 Å². The second kappa shape index (κ2) is 16.8. The number of unbranched alkanes of at least 4 members (excludes halogenated alkanes) is 8. The minimum absolute atomic E-state index is 0.180. The zero-order chi connectivity index (χ0) is 36.8. The quantitative estimate of drug-likeness (QED) is 0.115. The molecule has 0 saturated heterocycles. The summed E-state index contributed by atoms with van der Waals surface area (Å²) >= 11 is 0. The van der Waals surface area contributed by atoms with Crippen molar-refractivity contribution in [3.8, 4) is 5.75 Å². The molecule has 0 spiro atoms. The summed E-state index contributed by atoms with van der Waals surface area (Å²) < 4.78 is 12.0. The van der Waals surface area contributed by atoms with Gasteiger partial charge in [-0.15, -0.1) is 0 Å². The normalized spacial score (nSPS) is 14.9. The molecule has 0 amide bonds. The Kier molecular flexibility index (Phi) is 12.7. The average molecular weight is 697 g/mol. The van der Waals surface area contributed by atoms with E-state index >= 15 is 0 Å². The fourth-order valence-corrected chi connectivity index (χ4v) is 8.12.